The molecule has 0 aliphatic heterocycles. The van der Waals surface area contributed by atoms with Crippen LogP contribution < -0.4 is 4.90 Å². The summed E-state index contributed by atoms with van der Waals surface area (Å²) in [5, 5.41) is 9.71. The Morgan fingerprint density at radius 1 is 0.377 bits per heavy atom. The molecule has 2 heterocycles. The Morgan fingerprint density at radius 2 is 1.04 bits per heavy atom. The van der Waals surface area contributed by atoms with Gasteiger partial charge in [0, 0.05) is 53.3 Å². The van der Waals surface area contributed by atoms with E-state index in [0.29, 0.717) is 0 Å². The maximum atomic E-state index is 6.67. The summed E-state index contributed by atoms with van der Waals surface area (Å²) in [5.74, 6) is 0. The van der Waals surface area contributed by atoms with Gasteiger partial charge < -0.3 is 9.32 Å². The van der Waals surface area contributed by atoms with Gasteiger partial charge in [0.15, 0.2) is 0 Å². The predicted octanol–water partition coefficient (Wildman–Crippen LogP) is 15.1. The van der Waals surface area contributed by atoms with Crippen LogP contribution in [0, 0.1) is 0 Å². The van der Waals surface area contributed by atoms with Crippen molar-refractivity contribution < 1.29 is 4.42 Å². The lowest BCUT2D eigenvalue weighted by molar-refractivity contribution is 0.670. The predicted molar refractivity (Wildman–Crippen MR) is 227 cm³/mol. The van der Waals surface area contributed by atoms with Crippen molar-refractivity contribution in [1.82, 2.24) is 0 Å². The molecule has 0 unspecified atom stereocenters. The van der Waals surface area contributed by atoms with Gasteiger partial charge in [-0.05, 0) is 81.4 Å². The van der Waals surface area contributed by atoms with Crippen molar-refractivity contribution >= 4 is 92.1 Å². The van der Waals surface area contributed by atoms with Gasteiger partial charge in [-0.3, -0.25) is 0 Å². The average Bonchev–Trinajstić information content (AvgIpc) is 3.80. The zero-order valence-electron chi connectivity index (χ0n) is 28.7. The number of hydrogen-bond donors (Lipinski definition) is 0. The van der Waals surface area contributed by atoms with Crippen LogP contribution in [-0.2, 0) is 0 Å². The van der Waals surface area contributed by atoms with Crippen molar-refractivity contribution in [3.63, 3.8) is 0 Å². The fourth-order valence-electron chi connectivity index (χ4n) is 8.22. The van der Waals surface area contributed by atoms with Crippen LogP contribution in [-0.4, -0.2) is 0 Å². The third kappa shape index (κ3) is 4.78. The van der Waals surface area contributed by atoms with Crippen molar-refractivity contribution in [2.75, 3.05) is 4.90 Å². The second-order valence-corrected chi connectivity index (χ2v) is 14.7. The molecule has 248 valence electrons. The monoisotopic (exact) mass is 693 g/mol. The zero-order chi connectivity index (χ0) is 34.9. The lowest BCUT2D eigenvalue weighted by Gasteiger charge is -2.29. The number of rotatable bonds is 5. The molecule has 0 bridgehead atoms. The highest BCUT2D eigenvalue weighted by atomic mass is 32.1. The van der Waals surface area contributed by atoms with Crippen molar-refractivity contribution in [2.24, 2.45) is 0 Å². The van der Waals surface area contributed by atoms with E-state index in [4.69, 9.17) is 4.42 Å². The van der Waals surface area contributed by atoms with Crippen molar-refractivity contribution in [1.29, 1.82) is 0 Å². The molecule has 53 heavy (non-hydrogen) atoms. The van der Waals surface area contributed by atoms with Gasteiger partial charge in [0.25, 0.3) is 0 Å². The highest BCUT2D eigenvalue weighted by molar-refractivity contribution is 7.25. The topological polar surface area (TPSA) is 16.4 Å². The summed E-state index contributed by atoms with van der Waals surface area (Å²) in [4.78, 5) is 2.46. The summed E-state index contributed by atoms with van der Waals surface area (Å²) in [6, 6.07) is 68.1. The molecule has 3 heteroatoms. The standard InChI is InChI=1S/C50H31NOS/c1-2-13-32(14-3-1)37-27-25-34(30-44(37)43-22-12-21-42-40-19-8-10-23-47(40)52-50(42)43)51(35-26-28-49-45(31-35)41-20-9-11-24-48(41)53-49)46-29-33-15-4-5-16-36(33)38-17-6-7-18-39(38)46/h1-31H. The molecule has 0 fully saturated rings. The molecule has 9 aromatic carbocycles. The normalized spacial score (nSPS) is 11.8. The molecular weight excluding hydrogens is 663 g/mol. The van der Waals surface area contributed by atoms with Crippen molar-refractivity contribution in [2.45, 2.75) is 0 Å². The molecule has 0 N–H and O–H groups in total. The molecule has 0 amide bonds. The van der Waals surface area contributed by atoms with Crippen LogP contribution in [0.5, 0.6) is 0 Å². The van der Waals surface area contributed by atoms with Crippen molar-refractivity contribution in [3.8, 4) is 22.3 Å². The molecule has 0 radical (unpaired) electrons. The van der Waals surface area contributed by atoms with E-state index in [1.807, 2.05) is 17.4 Å². The van der Waals surface area contributed by atoms with Gasteiger partial charge in [-0.1, -0.05) is 140 Å². The highest BCUT2D eigenvalue weighted by Crippen LogP contribution is 2.47. The minimum Gasteiger partial charge on any atom is -0.455 e. The van der Waals surface area contributed by atoms with Crippen molar-refractivity contribution in [3.05, 3.63) is 188 Å². The quantitative estimate of drug-likeness (QED) is 0.167. The third-order valence-corrected chi connectivity index (χ3v) is 11.8. The minimum absolute atomic E-state index is 0.896. The number of benzene rings is 9. The first-order valence-corrected chi connectivity index (χ1v) is 18.8. The molecule has 0 aliphatic carbocycles. The number of hydrogen-bond acceptors (Lipinski definition) is 3. The maximum Gasteiger partial charge on any atom is 0.143 e. The number of furan rings is 1. The molecule has 11 rings (SSSR count). The Bertz CT molecular complexity index is 3190. The summed E-state index contributed by atoms with van der Waals surface area (Å²) in [6.45, 7) is 0. The van der Waals surface area contributed by atoms with Gasteiger partial charge in [-0.2, -0.15) is 0 Å². The number of nitrogens with zero attached hydrogens (tertiary/aromatic N) is 1. The van der Waals surface area contributed by atoms with Crippen LogP contribution in [0.1, 0.15) is 0 Å². The Labute approximate surface area is 310 Å². The van der Waals surface area contributed by atoms with E-state index >= 15 is 0 Å². The lowest BCUT2D eigenvalue weighted by Crippen LogP contribution is -2.11. The second-order valence-electron chi connectivity index (χ2n) is 13.7. The van der Waals surface area contributed by atoms with Gasteiger partial charge in [0.1, 0.15) is 11.2 Å². The molecule has 0 spiro atoms. The Morgan fingerprint density at radius 3 is 1.92 bits per heavy atom. The summed E-state index contributed by atoms with van der Waals surface area (Å²) >= 11 is 1.85. The number of thiophene rings is 1. The van der Waals surface area contributed by atoms with Gasteiger partial charge >= 0.3 is 0 Å². The van der Waals surface area contributed by atoms with E-state index < -0.39 is 0 Å². The van der Waals surface area contributed by atoms with E-state index in [0.717, 1.165) is 61.3 Å². The molecule has 11 aromatic rings. The molecule has 0 aliphatic rings. The van der Waals surface area contributed by atoms with Crippen LogP contribution in [0.4, 0.5) is 17.1 Å². The van der Waals surface area contributed by atoms with E-state index in [2.05, 4.69) is 187 Å². The molecule has 2 nitrogen and oxygen atoms in total. The fourth-order valence-corrected chi connectivity index (χ4v) is 9.31. The van der Waals surface area contributed by atoms with Gasteiger partial charge in [0.2, 0.25) is 0 Å². The molecule has 0 saturated carbocycles. The zero-order valence-corrected chi connectivity index (χ0v) is 29.5. The number of fused-ring (bicyclic) bond motifs is 9. The number of anilines is 3. The molecule has 2 aromatic heterocycles. The van der Waals surface area contributed by atoms with Gasteiger partial charge in [0.05, 0.1) is 5.69 Å². The summed E-state index contributed by atoms with van der Waals surface area (Å²) in [7, 11) is 0. The van der Waals surface area contributed by atoms with E-state index in [-0.39, 0.29) is 0 Å². The summed E-state index contributed by atoms with van der Waals surface area (Å²) in [6.07, 6.45) is 0. The highest BCUT2D eigenvalue weighted by Gasteiger charge is 2.22. The van der Waals surface area contributed by atoms with Gasteiger partial charge in [-0.25, -0.2) is 0 Å². The first-order chi connectivity index (χ1) is 26.3. The maximum absolute atomic E-state index is 6.67. The largest absolute Gasteiger partial charge is 0.455 e. The SMILES string of the molecule is c1ccc(-c2ccc(N(c3ccc4sc5ccccc5c4c3)c3cc4ccccc4c4ccccc34)cc2-c2cccc3c2oc2ccccc23)cc1. The Kier molecular flexibility index (Phi) is 6.76. The lowest BCUT2D eigenvalue weighted by atomic mass is 9.92. The van der Waals surface area contributed by atoms with E-state index in [1.165, 1.54) is 41.7 Å². The first kappa shape index (κ1) is 30.0. The summed E-state index contributed by atoms with van der Waals surface area (Å²) < 4.78 is 9.26. The summed E-state index contributed by atoms with van der Waals surface area (Å²) in [5.41, 5.74) is 9.63. The Balaban J connectivity index is 1.23. The third-order valence-electron chi connectivity index (χ3n) is 10.6. The smallest absolute Gasteiger partial charge is 0.143 e. The van der Waals surface area contributed by atoms with E-state index in [9.17, 15) is 0 Å². The fraction of sp³-hybridized carbons (Fsp3) is 0. The van der Waals surface area contributed by atoms with Crippen LogP contribution >= 0.6 is 11.3 Å². The molecule has 0 saturated heterocycles. The Hall–Kier alpha value is -6.68. The van der Waals surface area contributed by atoms with Crippen LogP contribution in [0.2, 0.25) is 0 Å². The average molecular weight is 694 g/mol. The van der Waals surface area contributed by atoms with Gasteiger partial charge in [-0.15, -0.1) is 11.3 Å². The van der Waals surface area contributed by atoms with E-state index in [1.54, 1.807) is 0 Å². The molecule has 0 atom stereocenters. The van der Waals surface area contributed by atoms with Crippen LogP contribution in [0.15, 0.2) is 192 Å². The second kappa shape index (κ2) is 11.9. The minimum atomic E-state index is 0.896. The molecular formula is C50H31NOS. The number of para-hydroxylation sites is 2. The first-order valence-electron chi connectivity index (χ1n) is 18.0. The van der Waals surface area contributed by atoms with Crippen LogP contribution in [0.3, 0.4) is 0 Å². The van der Waals surface area contributed by atoms with Crippen LogP contribution in [0.25, 0.3) is 85.9 Å².